The van der Waals surface area contributed by atoms with Gasteiger partial charge in [0.15, 0.2) is 0 Å². The van der Waals surface area contributed by atoms with Gasteiger partial charge in [-0.2, -0.15) is 0 Å². The second-order valence-electron chi connectivity index (χ2n) is 4.49. The SMILES string of the molecule is OC(CC1CCOc2ccccc21)c1nccs1. The average molecular weight is 261 g/mol. The third kappa shape index (κ3) is 2.26. The highest BCUT2D eigenvalue weighted by Gasteiger charge is 2.24. The van der Waals surface area contributed by atoms with Gasteiger partial charge in [0.25, 0.3) is 0 Å². The van der Waals surface area contributed by atoms with E-state index in [0.717, 1.165) is 23.8 Å². The molecule has 0 saturated carbocycles. The summed E-state index contributed by atoms with van der Waals surface area (Å²) in [6.07, 6.45) is 2.94. The molecule has 3 rings (SSSR count). The van der Waals surface area contributed by atoms with Gasteiger partial charge < -0.3 is 9.84 Å². The third-order valence-electron chi connectivity index (χ3n) is 3.33. The van der Waals surface area contributed by atoms with Gasteiger partial charge in [-0.15, -0.1) is 11.3 Å². The van der Waals surface area contributed by atoms with Crippen molar-refractivity contribution in [2.75, 3.05) is 6.61 Å². The quantitative estimate of drug-likeness (QED) is 0.923. The van der Waals surface area contributed by atoms with E-state index in [4.69, 9.17) is 4.74 Å². The predicted octanol–water partition coefficient (Wildman–Crippen LogP) is 3.13. The van der Waals surface area contributed by atoms with Crippen LogP contribution in [0.2, 0.25) is 0 Å². The van der Waals surface area contributed by atoms with E-state index >= 15 is 0 Å². The average Bonchev–Trinajstić information content (AvgIpc) is 2.93. The van der Waals surface area contributed by atoms with Gasteiger partial charge in [-0.3, -0.25) is 0 Å². The third-order valence-corrected chi connectivity index (χ3v) is 4.20. The maximum atomic E-state index is 10.2. The van der Waals surface area contributed by atoms with E-state index in [1.165, 1.54) is 16.9 Å². The maximum absolute atomic E-state index is 10.2. The van der Waals surface area contributed by atoms with E-state index in [1.54, 1.807) is 6.20 Å². The molecule has 1 aromatic heterocycles. The number of para-hydroxylation sites is 1. The van der Waals surface area contributed by atoms with Gasteiger partial charge in [0.1, 0.15) is 16.9 Å². The summed E-state index contributed by atoms with van der Waals surface area (Å²) in [5, 5.41) is 12.9. The Morgan fingerprint density at radius 1 is 1.44 bits per heavy atom. The van der Waals surface area contributed by atoms with Crippen LogP contribution in [0.3, 0.4) is 0 Å². The molecule has 1 aliphatic heterocycles. The summed E-state index contributed by atoms with van der Waals surface area (Å²) >= 11 is 1.51. The minimum atomic E-state index is -0.471. The minimum absolute atomic E-state index is 0.355. The molecule has 2 atom stereocenters. The Kier molecular flexibility index (Phi) is 3.30. The van der Waals surface area contributed by atoms with Crippen molar-refractivity contribution in [1.82, 2.24) is 4.98 Å². The first-order valence-electron chi connectivity index (χ1n) is 6.14. The number of aromatic nitrogens is 1. The molecule has 4 heteroatoms. The lowest BCUT2D eigenvalue weighted by Gasteiger charge is -2.27. The van der Waals surface area contributed by atoms with E-state index in [2.05, 4.69) is 11.1 Å². The van der Waals surface area contributed by atoms with Gasteiger partial charge in [0, 0.05) is 11.6 Å². The summed E-state index contributed by atoms with van der Waals surface area (Å²) in [6.45, 7) is 0.728. The van der Waals surface area contributed by atoms with E-state index in [1.807, 2.05) is 23.6 Å². The molecule has 0 amide bonds. The zero-order valence-electron chi connectivity index (χ0n) is 9.95. The van der Waals surface area contributed by atoms with Crippen LogP contribution in [-0.2, 0) is 0 Å². The molecule has 3 nitrogen and oxygen atoms in total. The number of rotatable bonds is 3. The van der Waals surface area contributed by atoms with Gasteiger partial charge in [0.05, 0.1) is 6.61 Å². The van der Waals surface area contributed by atoms with Gasteiger partial charge in [-0.25, -0.2) is 4.98 Å². The van der Waals surface area contributed by atoms with Crippen molar-refractivity contribution in [3.05, 3.63) is 46.4 Å². The number of aliphatic hydroxyl groups is 1. The molecule has 1 aromatic carbocycles. The number of hydrogen-bond acceptors (Lipinski definition) is 4. The molecule has 0 aliphatic carbocycles. The monoisotopic (exact) mass is 261 g/mol. The summed E-state index contributed by atoms with van der Waals surface area (Å²) in [4.78, 5) is 4.17. The molecule has 0 spiro atoms. The number of benzene rings is 1. The molecular formula is C14H15NO2S. The van der Waals surface area contributed by atoms with Crippen LogP contribution in [0.5, 0.6) is 5.75 Å². The highest BCUT2D eigenvalue weighted by Crippen LogP contribution is 2.38. The highest BCUT2D eigenvalue weighted by atomic mass is 32.1. The molecule has 1 aliphatic rings. The van der Waals surface area contributed by atoms with Crippen LogP contribution in [0.15, 0.2) is 35.8 Å². The molecule has 0 bridgehead atoms. The van der Waals surface area contributed by atoms with Crippen LogP contribution in [0, 0.1) is 0 Å². The lowest BCUT2D eigenvalue weighted by Crippen LogP contribution is -2.16. The number of fused-ring (bicyclic) bond motifs is 1. The Bertz CT molecular complexity index is 512. The van der Waals surface area contributed by atoms with E-state index in [9.17, 15) is 5.11 Å². The number of thiazole rings is 1. The maximum Gasteiger partial charge on any atom is 0.122 e. The van der Waals surface area contributed by atoms with Crippen LogP contribution in [0.4, 0.5) is 0 Å². The van der Waals surface area contributed by atoms with Crippen molar-refractivity contribution in [3.63, 3.8) is 0 Å². The summed E-state index contributed by atoms with van der Waals surface area (Å²) in [6, 6.07) is 8.10. The van der Waals surface area contributed by atoms with Crippen LogP contribution in [0.25, 0.3) is 0 Å². The second kappa shape index (κ2) is 5.08. The zero-order valence-corrected chi connectivity index (χ0v) is 10.8. The van der Waals surface area contributed by atoms with Crippen molar-refractivity contribution in [3.8, 4) is 5.75 Å². The van der Waals surface area contributed by atoms with E-state index < -0.39 is 6.10 Å². The smallest absolute Gasteiger partial charge is 0.122 e. The molecule has 0 saturated heterocycles. The van der Waals surface area contributed by atoms with Crippen molar-refractivity contribution < 1.29 is 9.84 Å². The lowest BCUT2D eigenvalue weighted by atomic mass is 9.88. The second-order valence-corrected chi connectivity index (χ2v) is 5.42. The molecule has 94 valence electrons. The number of nitrogens with zero attached hydrogens (tertiary/aromatic N) is 1. The molecule has 1 N–H and O–H groups in total. The molecule has 0 radical (unpaired) electrons. The van der Waals surface area contributed by atoms with Crippen molar-refractivity contribution >= 4 is 11.3 Å². The number of aliphatic hydroxyl groups excluding tert-OH is 1. The van der Waals surface area contributed by atoms with Crippen molar-refractivity contribution in [2.45, 2.75) is 24.9 Å². The molecule has 2 heterocycles. The summed E-state index contributed by atoms with van der Waals surface area (Å²) in [5.74, 6) is 1.31. The first kappa shape index (κ1) is 11.7. The molecule has 2 aromatic rings. The topological polar surface area (TPSA) is 42.4 Å². The fraction of sp³-hybridized carbons (Fsp3) is 0.357. The van der Waals surface area contributed by atoms with Gasteiger partial charge >= 0.3 is 0 Å². The summed E-state index contributed by atoms with van der Waals surface area (Å²) < 4.78 is 5.63. The van der Waals surface area contributed by atoms with Crippen LogP contribution in [0.1, 0.15) is 35.4 Å². The van der Waals surface area contributed by atoms with E-state index in [0.29, 0.717) is 12.3 Å². The van der Waals surface area contributed by atoms with E-state index in [-0.39, 0.29) is 0 Å². The number of hydrogen-bond donors (Lipinski definition) is 1. The van der Waals surface area contributed by atoms with Gasteiger partial charge in [-0.1, -0.05) is 18.2 Å². The highest BCUT2D eigenvalue weighted by molar-refractivity contribution is 7.09. The molecule has 18 heavy (non-hydrogen) atoms. The molecular weight excluding hydrogens is 246 g/mol. The van der Waals surface area contributed by atoms with Crippen LogP contribution < -0.4 is 4.74 Å². The fourth-order valence-corrected chi connectivity index (χ4v) is 3.07. The Morgan fingerprint density at radius 3 is 3.17 bits per heavy atom. The van der Waals surface area contributed by atoms with Crippen molar-refractivity contribution in [2.24, 2.45) is 0 Å². The standard InChI is InChI=1S/C14H15NO2S/c16-12(14-15-6-8-18-14)9-10-5-7-17-13-4-2-1-3-11(10)13/h1-4,6,8,10,12,16H,5,7,9H2. The van der Waals surface area contributed by atoms with Crippen molar-refractivity contribution in [1.29, 1.82) is 0 Å². The van der Waals surface area contributed by atoms with Crippen LogP contribution >= 0.6 is 11.3 Å². The Hall–Kier alpha value is -1.39. The first-order chi connectivity index (χ1) is 8.84. The lowest BCUT2D eigenvalue weighted by molar-refractivity contribution is 0.144. The zero-order chi connectivity index (χ0) is 12.4. The van der Waals surface area contributed by atoms with Crippen LogP contribution in [-0.4, -0.2) is 16.7 Å². The Morgan fingerprint density at radius 2 is 2.33 bits per heavy atom. The van der Waals surface area contributed by atoms with Gasteiger partial charge in [-0.05, 0) is 30.4 Å². The Balaban J connectivity index is 1.78. The molecule has 0 fully saturated rings. The first-order valence-corrected chi connectivity index (χ1v) is 7.02. The molecule has 2 unspecified atom stereocenters. The minimum Gasteiger partial charge on any atom is -0.493 e. The number of ether oxygens (including phenoxy) is 1. The van der Waals surface area contributed by atoms with Gasteiger partial charge in [0.2, 0.25) is 0 Å². The predicted molar refractivity (Wildman–Crippen MR) is 71.0 cm³/mol. The normalized spacial score (nSPS) is 19.9. The largest absolute Gasteiger partial charge is 0.493 e. The summed E-state index contributed by atoms with van der Waals surface area (Å²) in [5.41, 5.74) is 1.21. The fourth-order valence-electron chi connectivity index (χ4n) is 2.43. The summed E-state index contributed by atoms with van der Waals surface area (Å²) in [7, 11) is 0. The Labute approximate surface area is 110 Å².